The summed E-state index contributed by atoms with van der Waals surface area (Å²) in [6.07, 6.45) is 0.618. The molecule has 0 aliphatic carbocycles. The van der Waals surface area contributed by atoms with Gasteiger partial charge in [0.05, 0.1) is 23.0 Å². The minimum absolute atomic E-state index is 0.181. The van der Waals surface area contributed by atoms with Gasteiger partial charge in [-0.1, -0.05) is 30.1 Å². The van der Waals surface area contributed by atoms with Gasteiger partial charge in [-0.2, -0.15) is 5.10 Å². The molecule has 2 rings (SSSR count). The third-order valence-corrected chi connectivity index (χ3v) is 3.82. The van der Waals surface area contributed by atoms with E-state index in [1.54, 1.807) is 9.25 Å². The standard InChI is InChI=1S/C13H16Cl2N4O/c1-4-11-16-10(14)6-12(20)18(11)7-9-13(15)8(3)17-19(9)5-2/h6H,4-5,7H2,1-3H3. The van der Waals surface area contributed by atoms with Crippen molar-refractivity contribution in [3.8, 4) is 0 Å². The summed E-state index contributed by atoms with van der Waals surface area (Å²) >= 11 is 12.1. The maximum Gasteiger partial charge on any atom is 0.255 e. The van der Waals surface area contributed by atoms with Gasteiger partial charge < -0.3 is 0 Å². The highest BCUT2D eigenvalue weighted by Crippen LogP contribution is 2.21. The number of hydrogen-bond acceptors (Lipinski definition) is 3. The van der Waals surface area contributed by atoms with Gasteiger partial charge in [0, 0.05) is 19.0 Å². The Morgan fingerprint density at radius 1 is 1.30 bits per heavy atom. The van der Waals surface area contributed by atoms with E-state index in [-0.39, 0.29) is 10.7 Å². The predicted octanol–water partition coefficient (Wildman–Crippen LogP) is 2.69. The quantitative estimate of drug-likeness (QED) is 0.815. The molecule has 0 fully saturated rings. The highest BCUT2D eigenvalue weighted by Gasteiger charge is 2.15. The second-order valence-electron chi connectivity index (χ2n) is 4.43. The fourth-order valence-corrected chi connectivity index (χ4v) is 2.52. The molecule has 5 nitrogen and oxygen atoms in total. The fraction of sp³-hybridized carbons (Fsp3) is 0.462. The van der Waals surface area contributed by atoms with Gasteiger partial charge in [-0.15, -0.1) is 0 Å². The van der Waals surface area contributed by atoms with Crippen LogP contribution in [-0.4, -0.2) is 19.3 Å². The molecule has 2 aromatic rings. The molecule has 20 heavy (non-hydrogen) atoms. The first kappa shape index (κ1) is 15.1. The number of hydrogen-bond donors (Lipinski definition) is 0. The van der Waals surface area contributed by atoms with Gasteiger partial charge >= 0.3 is 0 Å². The van der Waals surface area contributed by atoms with E-state index < -0.39 is 0 Å². The zero-order chi connectivity index (χ0) is 14.9. The first-order chi connectivity index (χ1) is 9.47. The molecule has 2 heterocycles. The molecule has 108 valence electrons. The lowest BCUT2D eigenvalue weighted by Crippen LogP contribution is -2.26. The number of aryl methyl sites for hydroxylation is 3. The summed E-state index contributed by atoms with van der Waals surface area (Å²) in [5.41, 5.74) is 1.39. The summed E-state index contributed by atoms with van der Waals surface area (Å²) in [5, 5.41) is 5.16. The van der Waals surface area contributed by atoms with Crippen molar-refractivity contribution >= 4 is 23.2 Å². The molecule has 0 radical (unpaired) electrons. The molecule has 0 aliphatic heterocycles. The lowest BCUT2D eigenvalue weighted by atomic mass is 10.3. The van der Waals surface area contributed by atoms with Crippen molar-refractivity contribution in [1.29, 1.82) is 0 Å². The van der Waals surface area contributed by atoms with Gasteiger partial charge in [0.2, 0.25) is 0 Å². The average Bonchev–Trinajstić information content (AvgIpc) is 2.68. The van der Waals surface area contributed by atoms with Crippen LogP contribution in [0.5, 0.6) is 0 Å². The molecular formula is C13H16Cl2N4O. The minimum atomic E-state index is -0.181. The smallest absolute Gasteiger partial charge is 0.255 e. The van der Waals surface area contributed by atoms with E-state index in [0.717, 1.165) is 11.4 Å². The summed E-state index contributed by atoms with van der Waals surface area (Å²) in [4.78, 5) is 16.3. The first-order valence-electron chi connectivity index (χ1n) is 6.45. The molecule has 0 saturated carbocycles. The monoisotopic (exact) mass is 314 g/mol. The Bertz CT molecular complexity index is 690. The molecule has 7 heteroatoms. The Labute approximate surface area is 127 Å². The summed E-state index contributed by atoms with van der Waals surface area (Å²) < 4.78 is 3.39. The lowest BCUT2D eigenvalue weighted by Gasteiger charge is -2.12. The van der Waals surface area contributed by atoms with Gasteiger partial charge in [0.15, 0.2) is 0 Å². The fourth-order valence-electron chi connectivity index (χ4n) is 2.13. The van der Waals surface area contributed by atoms with E-state index in [0.29, 0.717) is 30.4 Å². The van der Waals surface area contributed by atoms with Crippen molar-refractivity contribution in [2.45, 2.75) is 40.3 Å². The minimum Gasteiger partial charge on any atom is -0.290 e. The molecule has 0 saturated heterocycles. The molecule has 0 bridgehead atoms. The lowest BCUT2D eigenvalue weighted by molar-refractivity contribution is 0.576. The zero-order valence-corrected chi connectivity index (χ0v) is 13.2. The maximum atomic E-state index is 12.1. The van der Waals surface area contributed by atoms with Crippen LogP contribution in [0.2, 0.25) is 10.2 Å². The van der Waals surface area contributed by atoms with Crippen LogP contribution in [0.25, 0.3) is 0 Å². The number of nitrogens with zero attached hydrogens (tertiary/aromatic N) is 4. The highest BCUT2D eigenvalue weighted by molar-refractivity contribution is 6.31. The third-order valence-electron chi connectivity index (χ3n) is 3.13. The Kier molecular flexibility index (Phi) is 4.50. The molecule has 0 aliphatic rings. The van der Waals surface area contributed by atoms with Crippen LogP contribution in [0.15, 0.2) is 10.9 Å². The molecule has 0 aromatic carbocycles. The molecular weight excluding hydrogens is 299 g/mol. The Balaban J connectivity index is 2.53. The summed E-state index contributed by atoms with van der Waals surface area (Å²) in [6.45, 7) is 6.80. The van der Waals surface area contributed by atoms with E-state index in [2.05, 4.69) is 10.1 Å². The van der Waals surface area contributed by atoms with Crippen molar-refractivity contribution in [2.24, 2.45) is 0 Å². The molecule has 0 spiro atoms. The molecule has 0 atom stereocenters. The molecule has 2 aromatic heterocycles. The third kappa shape index (κ3) is 2.74. The van der Waals surface area contributed by atoms with Crippen molar-refractivity contribution < 1.29 is 0 Å². The van der Waals surface area contributed by atoms with Gasteiger partial charge in [0.25, 0.3) is 5.56 Å². The van der Waals surface area contributed by atoms with Gasteiger partial charge in [-0.25, -0.2) is 4.98 Å². The van der Waals surface area contributed by atoms with E-state index >= 15 is 0 Å². The van der Waals surface area contributed by atoms with Crippen molar-refractivity contribution in [3.05, 3.63) is 43.8 Å². The van der Waals surface area contributed by atoms with Crippen LogP contribution in [0.3, 0.4) is 0 Å². The van der Waals surface area contributed by atoms with E-state index in [1.807, 2.05) is 20.8 Å². The zero-order valence-electron chi connectivity index (χ0n) is 11.7. The number of aromatic nitrogens is 4. The SMILES string of the molecule is CCc1nc(Cl)cc(=O)n1Cc1c(Cl)c(C)nn1CC. The Hall–Kier alpha value is -1.33. The Morgan fingerprint density at radius 2 is 2.00 bits per heavy atom. The molecule has 0 N–H and O–H groups in total. The van der Waals surface area contributed by atoms with E-state index in [4.69, 9.17) is 23.2 Å². The maximum absolute atomic E-state index is 12.1. The van der Waals surface area contributed by atoms with Gasteiger partial charge in [-0.3, -0.25) is 14.0 Å². The summed E-state index contributed by atoms with van der Waals surface area (Å²) in [5.74, 6) is 0.639. The van der Waals surface area contributed by atoms with E-state index in [1.165, 1.54) is 6.07 Å². The Morgan fingerprint density at radius 3 is 2.60 bits per heavy atom. The van der Waals surface area contributed by atoms with Crippen LogP contribution in [0.1, 0.15) is 31.1 Å². The van der Waals surface area contributed by atoms with Crippen LogP contribution < -0.4 is 5.56 Å². The topological polar surface area (TPSA) is 52.7 Å². The van der Waals surface area contributed by atoms with Crippen LogP contribution in [0, 0.1) is 6.92 Å². The number of halogens is 2. The normalized spacial score (nSPS) is 11.1. The van der Waals surface area contributed by atoms with Crippen LogP contribution in [-0.2, 0) is 19.5 Å². The molecule has 0 amide bonds. The largest absolute Gasteiger partial charge is 0.290 e. The van der Waals surface area contributed by atoms with Gasteiger partial charge in [0.1, 0.15) is 11.0 Å². The first-order valence-corrected chi connectivity index (χ1v) is 7.21. The van der Waals surface area contributed by atoms with Gasteiger partial charge in [-0.05, 0) is 13.8 Å². The second kappa shape index (κ2) is 5.97. The second-order valence-corrected chi connectivity index (χ2v) is 5.20. The van der Waals surface area contributed by atoms with Crippen molar-refractivity contribution in [2.75, 3.05) is 0 Å². The summed E-state index contributed by atoms with van der Waals surface area (Å²) in [7, 11) is 0. The average molecular weight is 315 g/mol. The summed E-state index contributed by atoms with van der Waals surface area (Å²) in [6, 6.07) is 1.31. The van der Waals surface area contributed by atoms with E-state index in [9.17, 15) is 4.79 Å². The molecule has 0 unspecified atom stereocenters. The predicted molar refractivity (Wildman–Crippen MR) is 79.6 cm³/mol. The van der Waals surface area contributed by atoms with Crippen molar-refractivity contribution in [3.63, 3.8) is 0 Å². The number of rotatable bonds is 4. The van der Waals surface area contributed by atoms with Crippen molar-refractivity contribution in [1.82, 2.24) is 19.3 Å². The van der Waals surface area contributed by atoms with Crippen LogP contribution in [0.4, 0.5) is 0 Å². The van der Waals surface area contributed by atoms with Crippen LogP contribution >= 0.6 is 23.2 Å². The highest BCUT2D eigenvalue weighted by atomic mass is 35.5.